The van der Waals surface area contributed by atoms with Gasteiger partial charge in [0.25, 0.3) is 0 Å². The largest absolute Gasteiger partial charge is 0.466 e. The molecule has 1 saturated heterocycles. The maximum Gasteiger partial charge on any atom is 0.333 e. The number of carbonyl (C=O) groups excluding carboxylic acids is 3. The number of esters is 2. The smallest absolute Gasteiger partial charge is 0.333 e. The van der Waals surface area contributed by atoms with E-state index in [1.54, 1.807) is 0 Å². The first-order valence-corrected chi connectivity index (χ1v) is 10.9. The number of methoxy groups -OCH3 is 1. The molecule has 0 unspecified atom stereocenters. The van der Waals surface area contributed by atoms with E-state index < -0.39 is 5.97 Å². The number of hydrogen-bond donors (Lipinski definition) is 0. The summed E-state index contributed by atoms with van der Waals surface area (Å²) in [6.45, 7) is 2.60. The van der Waals surface area contributed by atoms with Gasteiger partial charge in [0.2, 0.25) is 5.91 Å². The number of amides is 1. The molecule has 0 N–H and O–H groups in total. The highest BCUT2D eigenvalue weighted by atomic mass is 79.9. The summed E-state index contributed by atoms with van der Waals surface area (Å²) < 4.78 is 10.8. The van der Waals surface area contributed by atoms with Gasteiger partial charge in [-0.2, -0.15) is 0 Å². The minimum Gasteiger partial charge on any atom is -0.466 e. The Bertz CT molecular complexity index is 753. The standard InChI is InChI=1S/C18H20BrNO5S2/c1-12-8-13(19)4-5-14(12)26-11-18(23)25-7-3-6-20-15(21)10-27-16(20)9-17(22)24-2/h4-5,8-9H,3,6-7,10-11H2,1-2H3/b16-9+. The number of benzene rings is 1. The van der Waals surface area contributed by atoms with Crippen molar-refractivity contribution in [3.05, 3.63) is 39.3 Å². The summed E-state index contributed by atoms with van der Waals surface area (Å²) in [4.78, 5) is 37.7. The van der Waals surface area contributed by atoms with E-state index in [0.29, 0.717) is 23.7 Å². The highest BCUT2D eigenvalue weighted by Gasteiger charge is 2.27. The number of rotatable bonds is 8. The molecule has 0 aliphatic carbocycles. The lowest BCUT2D eigenvalue weighted by Crippen LogP contribution is -2.27. The number of carbonyl (C=O) groups is 3. The Labute approximate surface area is 175 Å². The van der Waals surface area contributed by atoms with Crippen molar-refractivity contribution in [2.24, 2.45) is 0 Å². The molecule has 0 aromatic heterocycles. The van der Waals surface area contributed by atoms with Crippen LogP contribution in [0.25, 0.3) is 0 Å². The third kappa shape index (κ3) is 6.90. The van der Waals surface area contributed by atoms with Gasteiger partial charge in [-0.25, -0.2) is 4.79 Å². The summed E-state index contributed by atoms with van der Waals surface area (Å²) in [6.07, 6.45) is 1.80. The quantitative estimate of drug-likeness (QED) is 0.248. The summed E-state index contributed by atoms with van der Waals surface area (Å²) in [7, 11) is 1.29. The van der Waals surface area contributed by atoms with Crippen LogP contribution in [0, 0.1) is 6.92 Å². The summed E-state index contributed by atoms with van der Waals surface area (Å²) in [6, 6.07) is 5.90. The summed E-state index contributed by atoms with van der Waals surface area (Å²) in [5.41, 5.74) is 1.09. The van der Waals surface area contributed by atoms with Crippen molar-refractivity contribution in [1.29, 1.82) is 0 Å². The fourth-order valence-corrected chi connectivity index (χ4v) is 4.53. The van der Waals surface area contributed by atoms with Gasteiger partial charge in [-0.05, 0) is 37.1 Å². The van der Waals surface area contributed by atoms with Crippen LogP contribution in [0.1, 0.15) is 12.0 Å². The van der Waals surface area contributed by atoms with Gasteiger partial charge in [0, 0.05) is 15.9 Å². The zero-order valence-electron chi connectivity index (χ0n) is 15.0. The van der Waals surface area contributed by atoms with E-state index >= 15 is 0 Å². The van der Waals surface area contributed by atoms with Crippen molar-refractivity contribution in [3.63, 3.8) is 0 Å². The molecular formula is C18H20BrNO5S2. The van der Waals surface area contributed by atoms with E-state index in [1.807, 2.05) is 25.1 Å². The molecule has 2 rings (SSSR count). The van der Waals surface area contributed by atoms with E-state index in [2.05, 4.69) is 20.7 Å². The topological polar surface area (TPSA) is 72.9 Å². The lowest BCUT2D eigenvalue weighted by atomic mass is 10.2. The second-order valence-corrected chi connectivity index (χ2v) is 8.54. The Morgan fingerprint density at radius 2 is 2.19 bits per heavy atom. The monoisotopic (exact) mass is 473 g/mol. The zero-order chi connectivity index (χ0) is 19.8. The number of ether oxygens (including phenoxy) is 2. The molecule has 0 bridgehead atoms. The lowest BCUT2D eigenvalue weighted by molar-refractivity contribution is -0.140. The molecule has 6 nitrogen and oxygen atoms in total. The van der Waals surface area contributed by atoms with E-state index in [4.69, 9.17) is 4.74 Å². The van der Waals surface area contributed by atoms with Gasteiger partial charge in [0.1, 0.15) is 0 Å². The highest BCUT2D eigenvalue weighted by molar-refractivity contribution is 9.10. The Morgan fingerprint density at radius 1 is 1.41 bits per heavy atom. The predicted molar refractivity (Wildman–Crippen MR) is 109 cm³/mol. The van der Waals surface area contributed by atoms with Crippen LogP contribution in [-0.2, 0) is 23.9 Å². The molecule has 27 heavy (non-hydrogen) atoms. The van der Waals surface area contributed by atoms with Crippen LogP contribution in [0.3, 0.4) is 0 Å². The Balaban J connectivity index is 1.72. The number of nitrogens with zero attached hydrogens (tertiary/aromatic N) is 1. The molecule has 1 aromatic carbocycles. The second-order valence-electron chi connectivity index (χ2n) is 5.61. The molecule has 1 heterocycles. The molecule has 0 saturated carbocycles. The van der Waals surface area contributed by atoms with Gasteiger partial charge in [0.15, 0.2) is 0 Å². The molecule has 146 valence electrons. The maximum atomic E-state index is 11.9. The van der Waals surface area contributed by atoms with Gasteiger partial charge in [-0.15, -0.1) is 11.8 Å². The fraction of sp³-hybridized carbons (Fsp3) is 0.389. The Kier molecular flexibility index (Phi) is 8.72. The first kappa shape index (κ1) is 21.8. The van der Waals surface area contributed by atoms with Crippen LogP contribution >= 0.6 is 39.5 Å². The number of halogens is 1. The van der Waals surface area contributed by atoms with E-state index in [-0.39, 0.29) is 24.2 Å². The van der Waals surface area contributed by atoms with Crippen LogP contribution in [0.2, 0.25) is 0 Å². The van der Waals surface area contributed by atoms with Gasteiger partial charge in [-0.3, -0.25) is 9.59 Å². The molecule has 1 aromatic rings. The number of hydrogen-bond acceptors (Lipinski definition) is 7. The van der Waals surface area contributed by atoms with E-state index in [0.717, 1.165) is 14.9 Å². The second kappa shape index (κ2) is 10.8. The summed E-state index contributed by atoms with van der Waals surface area (Å²) in [5.74, 6) is -0.332. The molecule has 0 radical (unpaired) electrons. The molecular weight excluding hydrogens is 454 g/mol. The molecule has 9 heteroatoms. The fourth-order valence-electron chi connectivity index (χ4n) is 2.29. The predicted octanol–water partition coefficient (Wildman–Crippen LogP) is 3.37. The van der Waals surface area contributed by atoms with Crippen molar-refractivity contribution in [1.82, 2.24) is 4.90 Å². The highest BCUT2D eigenvalue weighted by Crippen LogP contribution is 2.29. The van der Waals surface area contributed by atoms with Gasteiger partial charge < -0.3 is 14.4 Å². The summed E-state index contributed by atoms with van der Waals surface area (Å²) in [5, 5.41) is 0.569. The van der Waals surface area contributed by atoms with Crippen LogP contribution in [0.15, 0.2) is 38.7 Å². The van der Waals surface area contributed by atoms with Crippen LogP contribution in [-0.4, -0.2) is 54.5 Å². The van der Waals surface area contributed by atoms with Crippen LogP contribution in [0.5, 0.6) is 0 Å². The molecule has 1 fully saturated rings. The van der Waals surface area contributed by atoms with E-state index in [9.17, 15) is 14.4 Å². The van der Waals surface area contributed by atoms with Gasteiger partial charge in [0.05, 0.1) is 36.3 Å². The number of thioether (sulfide) groups is 2. The van der Waals surface area contributed by atoms with Crippen molar-refractivity contribution >= 4 is 57.3 Å². The molecule has 0 spiro atoms. The summed E-state index contributed by atoms with van der Waals surface area (Å²) >= 11 is 6.14. The molecule has 1 aliphatic heterocycles. The maximum absolute atomic E-state index is 11.9. The van der Waals surface area contributed by atoms with Crippen LogP contribution in [0.4, 0.5) is 0 Å². The third-order valence-electron chi connectivity index (χ3n) is 3.62. The molecule has 1 aliphatic rings. The minimum absolute atomic E-state index is 0.0669. The van der Waals surface area contributed by atoms with Gasteiger partial charge in [-0.1, -0.05) is 27.7 Å². The molecule has 1 amide bonds. The normalized spacial score (nSPS) is 15.3. The first-order chi connectivity index (χ1) is 12.9. The average Bonchev–Trinajstić information content (AvgIpc) is 2.97. The van der Waals surface area contributed by atoms with E-state index in [1.165, 1.54) is 41.6 Å². The average molecular weight is 474 g/mol. The Morgan fingerprint density at radius 3 is 2.89 bits per heavy atom. The Hall–Kier alpha value is -1.45. The van der Waals surface area contributed by atoms with Gasteiger partial charge >= 0.3 is 11.9 Å². The first-order valence-electron chi connectivity index (χ1n) is 8.18. The molecule has 0 atom stereocenters. The minimum atomic E-state index is -0.496. The zero-order valence-corrected chi connectivity index (χ0v) is 18.2. The van der Waals surface area contributed by atoms with Crippen molar-refractivity contribution in [2.45, 2.75) is 18.2 Å². The lowest BCUT2D eigenvalue weighted by Gasteiger charge is -2.16. The van der Waals surface area contributed by atoms with Crippen molar-refractivity contribution in [3.8, 4) is 0 Å². The van der Waals surface area contributed by atoms with Crippen molar-refractivity contribution in [2.75, 3.05) is 31.8 Å². The van der Waals surface area contributed by atoms with Crippen LogP contribution < -0.4 is 0 Å². The third-order valence-corrected chi connectivity index (χ3v) is 6.29. The van der Waals surface area contributed by atoms with Crippen molar-refractivity contribution < 1.29 is 23.9 Å². The number of aryl methyl sites for hydroxylation is 1. The SMILES string of the molecule is COC(=O)/C=C1/SCC(=O)N1CCCOC(=O)CSc1ccc(Br)cc1C.